The first-order valence-corrected chi connectivity index (χ1v) is 13.4. The molecule has 2 aromatic rings. The minimum Gasteiger partial charge on any atom is -0.434 e. The fourth-order valence-electron chi connectivity index (χ4n) is 4.38. The van der Waals surface area contributed by atoms with Crippen LogP contribution in [0.15, 0.2) is 12.3 Å². The van der Waals surface area contributed by atoms with Crippen LogP contribution in [0.25, 0.3) is 11.3 Å². The summed E-state index contributed by atoms with van der Waals surface area (Å²) in [6.45, 7) is 1.52. The number of aryl methyl sites for hydroxylation is 2. The van der Waals surface area contributed by atoms with Gasteiger partial charge in [-0.25, -0.2) is 0 Å². The van der Waals surface area contributed by atoms with E-state index in [-0.39, 0.29) is 52.8 Å². The number of pyridine rings is 1. The Morgan fingerprint density at radius 2 is 1.90 bits per heavy atom. The van der Waals surface area contributed by atoms with Gasteiger partial charge < -0.3 is 10.1 Å². The quantitative estimate of drug-likeness (QED) is 0.336. The number of carbonyl (C=O) groups is 1. The normalized spacial score (nSPS) is 17.4. The maximum atomic E-state index is 13.2. The van der Waals surface area contributed by atoms with Crippen molar-refractivity contribution in [3.8, 4) is 17.0 Å². The Labute approximate surface area is 231 Å². The van der Waals surface area contributed by atoms with Gasteiger partial charge in [-0.05, 0) is 44.4 Å². The molecule has 0 aromatic carbocycles. The van der Waals surface area contributed by atoms with Crippen molar-refractivity contribution >= 4 is 29.1 Å². The van der Waals surface area contributed by atoms with Gasteiger partial charge in [-0.3, -0.25) is 14.5 Å². The van der Waals surface area contributed by atoms with Crippen LogP contribution in [0.5, 0.6) is 5.75 Å². The summed E-state index contributed by atoms with van der Waals surface area (Å²) in [5.74, 6) is 0.280. The molecule has 0 radical (unpaired) electrons. The van der Waals surface area contributed by atoms with E-state index in [1.54, 1.807) is 6.92 Å². The summed E-state index contributed by atoms with van der Waals surface area (Å²) >= 11 is 5.77. The SMILES string of the molecule is CCn1nc(C(=O)NCC2CCC(C)CC2)c(Cl)c1-c1cnc(CCCC(F)(F)F)cc1OC(F)F.O=S=O. The van der Waals surface area contributed by atoms with Gasteiger partial charge in [-0.1, -0.05) is 31.4 Å². The van der Waals surface area contributed by atoms with Crippen molar-refractivity contribution in [2.24, 2.45) is 11.8 Å². The number of hydrogen-bond donors (Lipinski definition) is 1. The molecular weight excluding hydrogens is 571 g/mol. The monoisotopic (exact) mass is 600 g/mol. The Balaban J connectivity index is 0.00000170. The molecule has 0 aliphatic heterocycles. The molecule has 1 aliphatic carbocycles. The predicted octanol–water partition coefficient (Wildman–Crippen LogP) is 5.99. The molecule has 3 rings (SSSR count). The Morgan fingerprint density at radius 3 is 2.46 bits per heavy atom. The fraction of sp³-hybridized carbons (Fsp3) is 0.625. The van der Waals surface area contributed by atoms with Gasteiger partial charge in [0.15, 0.2) is 5.69 Å². The highest BCUT2D eigenvalue weighted by Gasteiger charge is 2.28. The van der Waals surface area contributed by atoms with Gasteiger partial charge in [0, 0.05) is 37.5 Å². The van der Waals surface area contributed by atoms with Gasteiger partial charge in [0.25, 0.3) is 5.91 Å². The van der Waals surface area contributed by atoms with Gasteiger partial charge >= 0.3 is 24.4 Å². The van der Waals surface area contributed by atoms with Crippen LogP contribution in [0, 0.1) is 11.8 Å². The molecule has 8 nitrogen and oxygen atoms in total. The lowest BCUT2D eigenvalue weighted by Gasteiger charge is -2.26. The number of carbonyl (C=O) groups excluding carboxylic acids is 1. The molecule has 39 heavy (non-hydrogen) atoms. The second-order valence-corrected chi connectivity index (χ2v) is 9.76. The summed E-state index contributed by atoms with van der Waals surface area (Å²) in [6, 6.07) is 1.17. The summed E-state index contributed by atoms with van der Waals surface area (Å²) < 4.78 is 86.3. The van der Waals surface area contributed by atoms with E-state index in [1.807, 2.05) is 0 Å². The number of nitrogens with one attached hydrogen (secondary N) is 1. The van der Waals surface area contributed by atoms with Crippen LogP contribution in [0.1, 0.15) is 68.6 Å². The second-order valence-electron chi connectivity index (χ2n) is 9.25. The van der Waals surface area contributed by atoms with Gasteiger partial charge in [0.2, 0.25) is 0 Å². The van der Waals surface area contributed by atoms with Crippen molar-refractivity contribution in [2.45, 2.75) is 78.1 Å². The molecule has 2 aromatic heterocycles. The first-order chi connectivity index (χ1) is 18.4. The van der Waals surface area contributed by atoms with Gasteiger partial charge in [0.05, 0.1) is 16.3 Å². The van der Waals surface area contributed by atoms with Crippen LogP contribution in [0.3, 0.4) is 0 Å². The number of amides is 1. The Morgan fingerprint density at radius 1 is 1.26 bits per heavy atom. The van der Waals surface area contributed by atoms with Crippen molar-refractivity contribution < 1.29 is 39.9 Å². The van der Waals surface area contributed by atoms with Gasteiger partial charge in [0.1, 0.15) is 5.75 Å². The van der Waals surface area contributed by atoms with Gasteiger partial charge in [-0.15, -0.1) is 0 Å². The van der Waals surface area contributed by atoms with Crippen molar-refractivity contribution in [1.29, 1.82) is 0 Å². The number of aromatic nitrogens is 3. The number of ether oxygens (including phenoxy) is 1. The molecular formula is C24H30ClF5N4O4S. The largest absolute Gasteiger partial charge is 0.434 e. The molecule has 0 atom stereocenters. The molecule has 2 heterocycles. The third-order valence-electron chi connectivity index (χ3n) is 6.38. The number of alkyl halides is 5. The third kappa shape index (κ3) is 10.1. The molecule has 0 bridgehead atoms. The average molecular weight is 601 g/mol. The van der Waals surface area contributed by atoms with Gasteiger partial charge in [-0.2, -0.15) is 35.5 Å². The third-order valence-corrected chi connectivity index (χ3v) is 6.74. The molecule has 1 amide bonds. The molecule has 15 heteroatoms. The molecule has 0 spiro atoms. The van der Waals surface area contributed by atoms with E-state index in [0.29, 0.717) is 18.4 Å². The van der Waals surface area contributed by atoms with Crippen LogP contribution in [-0.2, 0) is 24.5 Å². The van der Waals surface area contributed by atoms with E-state index >= 15 is 0 Å². The second kappa shape index (κ2) is 15.2. The van der Waals surface area contributed by atoms with Crippen LogP contribution < -0.4 is 10.1 Å². The van der Waals surface area contributed by atoms with E-state index < -0.39 is 36.7 Å². The van der Waals surface area contributed by atoms with Crippen molar-refractivity contribution in [3.05, 3.63) is 28.7 Å². The Hall–Kier alpha value is -2.61. The maximum absolute atomic E-state index is 13.2. The standard InChI is InChI=1S/C24H30ClF5N4O2.O2S/c1-3-34-21(19(25)20(33-34)22(35)32-12-15-8-6-14(2)7-9-15)17-13-31-16(5-4-10-24(28,29)30)11-18(17)36-23(26)27;1-3-2/h11,13-15,23H,3-10,12H2,1-2H3,(H,32,35);. The molecule has 1 fully saturated rings. The average Bonchev–Trinajstić information content (AvgIpc) is 3.19. The summed E-state index contributed by atoms with van der Waals surface area (Å²) in [4.78, 5) is 17.0. The minimum atomic E-state index is -4.32. The highest BCUT2D eigenvalue weighted by molar-refractivity contribution is 7.51. The lowest BCUT2D eigenvalue weighted by molar-refractivity contribution is -0.135. The summed E-state index contributed by atoms with van der Waals surface area (Å²) in [5.41, 5.74) is 0.349. The smallest absolute Gasteiger partial charge is 0.389 e. The number of nitrogens with zero attached hydrogens (tertiary/aromatic N) is 3. The fourth-order valence-corrected chi connectivity index (χ4v) is 4.70. The molecule has 1 N–H and O–H groups in total. The predicted molar refractivity (Wildman–Crippen MR) is 134 cm³/mol. The highest BCUT2D eigenvalue weighted by Crippen LogP contribution is 2.38. The zero-order chi connectivity index (χ0) is 29.2. The maximum Gasteiger partial charge on any atom is 0.389 e. The molecule has 1 saturated carbocycles. The topological polar surface area (TPSA) is 103 Å². The summed E-state index contributed by atoms with van der Waals surface area (Å²) in [5, 5.41) is 7.11. The van der Waals surface area contributed by atoms with E-state index in [2.05, 4.69) is 27.1 Å². The lowest BCUT2D eigenvalue weighted by Crippen LogP contribution is -2.31. The molecule has 218 valence electrons. The van der Waals surface area contributed by atoms with Crippen LogP contribution in [-0.4, -0.2) is 48.4 Å². The lowest BCUT2D eigenvalue weighted by atomic mass is 9.83. The first kappa shape index (κ1) is 32.6. The summed E-state index contributed by atoms with van der Waals surface area (Å²) in [6.07, 6.45) is -0.178. The number of hydrogen-bond acceptors (Lipinski definition) is 6. The first-order valence-electron chi connectivity index (χ1n) is 12.4. The summed E-state index contributed by atoms with van der Waals surface area (Å²) in [7, 11) is 0. The van der Waals surface area contributed by atoms with Crippen molar-refractivity contribution in [2.75, 3.05) is 6.54 Å². The Kier molecular flexibility index (Phi) is 12.7. The zero-order valence-corrected chi connectivity index (χ0v) is 23.0. The molecule has 1 aliphatic rings. The Bertz CT molecular complexity index is 1130. The van der Waals surface area contributed by atoms with Crippen LogP contribution in [0.2, 0.25) is 5.02 Å². The van der Waals surface area contributed by atoms with Crippen molar-refractivity contribution in [1.82, 2.24) is 20.1 Å². The van der Waals surface area contributed by atoms with E-state index in [4.69, 9.17) is 20.0 Å². The number of rotatable bonds is 10. The number of halogens is 6. The van der Waals surface area contributed by atoms with E-state index in [0.717, 1.165) is 25.7 Å². The molecule has 0 saturated heterocycles. The van der Waals surface area contributed by atoms with Crippen LogP contribution in [0.4, 0.5) is 22.0 Å². The minimum absolute atomic E-state index is 0.0441. The molecule has 0 unspecified atom stereocenters. The zero-order valence-electron chi connectivity index (χ0n) is 21.4. The van der Waals surface area contributed by atoms with Crippen LogP contribution >= 0.6 is 11.6 Å². The highest BCUT2D eigenvalue weighted by atomic mass is 35.5. The van der Waals surface area contributed by atoms with Crippen molar-refractivity contribution in [3.63, 3.8) is 0 Å². The van der Waals surface area contributed by atoms with E-state index in [9.17, 15) is 26.7 Å². The van der Waals surface area contributed by atoms with E-state index in [1.165, 1.54) is 16.9 Å².